The maximum Gasteiger partial charge on any atom is 0.227 e. The van der Waals surface area contributed by atoms with Gasteiger partial charge in [-0.25, -0.2) is 0 Å². The summed E-state index contributed by atoms with van der Waals surface area (Å²) in [5.41, 5.74) is 3.51. The van der Waals surface area contributed by atoms with Crippen LogP contribution in [0, 0.1) is 6.92 Å². The molecule has 1 amide bonds. The van der Waals surface area contributed by atoms with Gasteiger partial charge in [-0.3, -0.25) is 4.79 Å². The first kappa shape index (κ1) is 17.3. The van der Waals surface area contributed by atoms with Crippen LogP contribution in [0.5, 0.6) is 5.75 Å². The van der Waals surface area contributed by atoms with Gasteiger partial charge in [0.2, 0.25) is 5.91 Å². The van der Waals surface area contributed by atoms with E-state index in [9.17, 15) is 4.79 Å². The Morgan fingerprint density at radius 2 is 1.96 bits per heavy atom. The molecule has 1 atom stereocenters. The van der Waals surface area contributed by atoms with Gasteiger partial charge < -0.3 is 14.5 Å². The van der Waals surface area contributed by atoms with Crippen molar-refractivity contribution in [1.29, 1.82) is 0 Å². The van der Waals surface area contributed by atoms with Crippen LogP contribution in [0.3, 0.4) is 0 Å². The number of carbonyl (C=O) groups excluding carboxylic acids is 1. The van der Waals surface area contributed by atoms with E-state index in [1.54, 1.807) is 7.11 Å². The lowest BCUT2D eigenvalue weighted by Crippen LogP contribution is -2.54. The van der Waals surface area contributed by atoms with Gasteiger partial charge in [-0.05, 0) is 49.2 Å². The number of hydrogen-bond acceptors (Lipinski definition) is 3. The Morgan fingerprint density at radius 3 is 2.68 bits per heavy atom. The van der Waals surface area contributed by atoms with E-state index in [-0.39, 0.29) is 5.91 Å². The van der Waals surface area contributed by atoms with Crippen molar-refractivity contribution in [1.82, 2.24) is 4.90 Å². The summed E-state index contributed by atoms with van der Waals surface area (Å²) in [5.74, 6) is 0.979. The van der Waals surface area contributed by atoms with Gasteiger partial charge in [0.15, 0.2) is 0 Å². The Balaban J connectivity index is 1.63. The van der Waals surface area contributed by atoms with Crippen molar-refractivity contribution in [3.8, 4) is 5.75 Å². The van der Waals surface area contributed by atoms with Crippen LogP contribution < -0.4 is 9.64 Å². The minimum atomic E-state index is 0.184. The second-order valence-electron chi connectivity index (χ2n) is 6.75. The maximum atomic E-state index is 12.7. The second-order valence-corrected chi connectivity index (χ2v) is 6.75. The zero-order chi connectivity index (χ0) is 17.8. The Bertz CT molecular complexity index is 744. The van der Waals surface area contributed by atoms with Gasteiger partial charge in [0.05, 0.1) is 13.5 Å². The summed E-state index contributed by atoms with van der Waals surface area (Å²) in [4.78, 5) is 17.1. The van der Waals surface area contributed by atoms with Gasteiger partial charge >= 0.3 is 0 Å². The number of anilines is 1. The quantitative estimate of drug-likeness (QED) is 0.858. The van der Waals surface area contributed by atoms with E-state index in [0.717, 1.165) is 30.9 Å². The molecule has 1 heterocycles. The molecule has 2 aromatic carbocycles. The number of amides is 1. The molecule has 132 valence electrons. The molecule has 0 unspecified atom stereocenters. The Kier molecular flexibility index (Phi) is 5.27. The predicted octanol–water partition coefficient (Wildman–Crippen LogP) is 3.28. The molecule has 1 saturated heterocycles. The summed E-state index contributed by atoms with van der Waals surface area (Å²) in [5, 5.41) is 0. The van der Waals surface area contributed by atoms with E-state index in [1.165, 1.54) is 11.3 Å². The summed E-state index contributed by atoms with van der Waals surface area (Å²) in [7, 11) is 1.65. The number of hydrogen-bond donors (Lipinski definition) is 0. The molecule has 0 aromatic heterocycles. The number of nitrogens with zero attached hydrogens (tertiary/aromatic N) is 2. The van der Waals surface area contributed by atoms with E-state index in [2.05, 4.69) is 43.0 Å². The number of aryl methyl sites for hydroxylation is 1. The number of rotatable bonds is 4. The first-order chi connectivity index (χ1) is 12.1. The maximum absolute atomic E-state index is 12.7. The number of methoxy groups -OCH3 is 1. The molecule has 3 rings (SSSR count). The summed E-state index contributed by atoms with van der Waals surface area (Å²) in [6.07, 6.45) is 0.425. The van der Waals surface area contributed by atoms with Gasteiger partial charge in [-0.15, -0.1) is 0 Å². The summed E-state index contributed by atoms with van der Waals surface area (Å²) in [6.45, 7) is 6.70. The van der Waals surface area contributed by atoms with Crippen LogP contribution in [0.25, 0.3) is 0 Å². The topological polar surface area (TPSA) is 32.8 Å². The Labute approximate surface area is 150 Å². The Morgan fingerprint density at radius 1 is 1.16 bits per heavy atom. The highest BCUT2D eigenvalue weighted by atomic mass is 16.5. The molecule has 1 aliphatic rings. The van der Waals surface area contributed by atoms with Crippen LogP contribution in [0.1, 0.15) is 18.1 Å². The highest BCUT2D eigenvalue weighted by Crippen LogP contribution is 2.22. The first-order valence-corrected chi connectivity index (χ1v) is 8.81. The van der Waals surface area contributed by atoms with Gasteiger partial charge in [0, 0.05) is 31.4 Å². The molecule has 4 heteroatoms. The van der Waals surface area contributed by atoms with E-state index in [1.807, 2.05) is 29.2 Å². The molecular weight excluding hydrogens is 312 g/mol. The fraction of sp³-hybridized carbons (Fsp3) is 0.381. The van der Waals surface area contributed by atoms with Gasteiger partial charge in [0.1, 0.15) is 5.75 Å². The van der Waals surface area contributed by atoms with Crippen LogP contribution in [-0.2, 0) is 11.2 Å². The molecule has 0 spiro atoms. The van der Waals surface area contributed by atoms with Crippen molar-refractivity contribution in [2.24, 2.45) is 0 Å². The molecule has 0 bridgehead atoms. The average Bonchev–Trinajstić information content (AvgIpc) is 2.61. The van der Waals surface area contributed by atoms with Gasteiger partial charge in [0.25, 0.3) is 0 Å². The lowest BCUT2D eigenvalue weighted by atomic mass is 10.1. The molecular formula is C21H26N2O2. The molecule has 2 aromatic rings. The van der Waals surface area contributed by atoms with E-state index < -0.39 is 0 Å². The van der Waals surface area contributed by atoms with Crippen LogP contribution in [0.15, 0.2) is 48.5 Å². The van der Waals surface area contributed by atoms with Crippen LogP contribution in [-0.4, -0.2) is 43.6 Å². The third-order valence-corrected chi connectivity index (χ3v) is 4.80. The third-order valence-electron chi connectivity index (χ3n) is 4.80. The number of piperazine rings is 1. The minimum absolute atomic E-state index is 0.184. The molecule has 1 fully saturated rings. The number of benzene rings is 2. The van der Waals surface area contributed by atoms with E-state index in [0.29, 0.717) is 12.5 Å². The monoisotopic (exact) mass is 338 g/mol. The van der Waals surface area contributed by atoms with Crippen LogP contribution in [0.2, 0.25) is 0 Å². The minimum Gasteiger partial charge on any atom is -0.497 e. The fourth-order valence-corrected chi connectivity index (χ4v) is 3.44. The number of carbonyl (C=O) groups is 1. The van der Waals surface area contributed by atoms with Crippen LogP contribution >= 0.6 is 0 Å². The predicted molar refractivity (Wildman–Crippen MR) is 101 cm³/mol. The lowest BCUT2D eigenvalue weighted by molar-refractivity contribution is -0.131. The van der Waals surface area contributed by atoms with Crippen LogP contribution in [0.4, 0.5) is 5.69 Å². The molecule has 25 heavy (non-hydrogen) atoms. The normalized spacial score (nSPS) is 17.5. The zero-order valence-corrected chi connectivity index (χ0v) is 15.2. The average molecular weight is 338 g/mol. The Hall–Kier alpha value is -2.49. The zero-order valence-electron chi connectivity index (χ0n) is 15.2. The number of ether oxygens (including phenoxy) is 1. The van der Waals surface area contributed by atoms with E-state index in [4.69, 9.17) is 4.74 Å². The van der Waals surface area contributed by atoms with Crippen molar-refractivity contribution >= 4 is 11.6 Å². The largest absolute Gasteiger partial charge is 0.497 e. The molecule has 0 aliphatic carbocycles. The highest BCUT2D eigenvalue weighted by Gasteiger charge is 2.26. The SMILES string of the molecule is COc1cccc(CC(=O)N2CCN(c3cccc(C)c3)[C@H](C)C2)c1. The molecule has 0 N–H and O–H groups in total. The fourth-order valence-electron chi connectivity index (χ4n) is 3.44. The van der Waals surface area contributed by atoms with Crippen molar-refractivity contribution < 1.29 is 9.53 Å². The summed E-state index contributed by atoms with van der Waals surface area (Å²) < 4.78 is 5.24. The van der Waals surface area contributed by atoms with Gasteiger partial charge in [-0.2, -0.15) is 0 Å². The van der Waals surface area contributed by atoms with Crippen molar-refractivity contribution in [3.05, 3.63) is 59.7 Å². The molecule has 0 radical (unpaired) electrons. The second kappa shape index (κ2) is 7.60. The van der Waals surface area contributed by atoms with Gasteiger partial charge in [-0.1, -0.05) is 24.3 Å². The van der Waals surface area contributed by atoms with Crippen molar-refractivity contribution in [2.75, 3.05) is 31.6 Å². The lowest BCUT2D eigenvalue weighted by Gasteiger charge is -2.41. The van der Waals surface area contributed by atoms with Crippen molar-refractivity contribution in [3.63, 3.8) is 0 Å². The highest BCUT2D eigenvalue weighted by molar-refractivity contribution is 5.79. The van der Waals surface area contributed by atoms with Crippen molar-refractivity contribution in [2.45, 2.75) is 26.3 Å². The summed E-state index contributed by atoms with van der Waals surface area (Å²) >= 11 is 0. The summed E-state index contributed by atoms with van der Waals surface area (Å²) in [6, 6.07) is 16.6. The standard InChI is InChI=1S/C21H26N2O2/c1-16-6-4-8-19(12-16)23-11-10-22(15-17(23)2)21(24)14-18-7-5-9-20(13-18)25-3/h4-9,12-13,17H,10-11,14-15H2,1-3H3/t17-/m1/s1. The molecule has 4 nitrogen and oxygen atoms in total. The van der Waals surface area contributed by atoms with E-state index >= 15 is 0 Å². The third kappa shape index (κ3) is 4.13. The first-order valence-electron chi connectivity index (χ1n) is 8.81. The molecule has 0 saturated carbocycles. The molecule has 1 aliphatic heterocycles. The smallest absolute Gasteiger partial charge is 0.227 e.